The highest BCUT2D eigenvalue weighted by Gasteiger charge is 2.27. The number of nitrogens with zero attached hydrogens (tertiary/aromatic N) is 4. The first-order valence-electron chi connectivity index (χ1n) is 10.1. The molecule has 28 heavy (non-hydrogen) atoms. The molecule has 148 valence electrons. The van der Waals surface area contributed by atoms with Gasteiger partial charge in [0.05, 0.1) is 6.26 Å². The molecule has 2 aliphatic rings. The van der Waals surface area contributed by atoms with Crippen LogP contribution in [0.1, 0.15) is 46.6 Å². The molecule has 0 N–H and O–H groups in total. The minimum absolute atomic E-state index is 0.00331. The number of amides is 2. The van der Waals surface area contributed by atoms with E-state index in [1.807, 2.05) is 11.0 Å². The first-order chi connectivity index (χ1) is 13.7. The van der Waals surface area contributed by atoms with Crippen LogP contribution in [0.5, 0.6) is 0 Å². The van der Waals surface area contributed by atoms with Crippen LogP contribution in [0.4, 0.5) is 5.82 Å². The number of carbonyl (C=O) groups is 2. The second-order valence-electron chi connectivity index (χ2n) is 7.37. The molecular formula is C21H26N4O3. The van der Waals surface area contributed by atoms with Crippen LogP contribution >= 0.6 is 0 Å². The normalized spacial score (nSPS) is 18.1. The summed E-state index contributed by atoms with van der Waals surface area (Å²) in [5.41, 5.74) is 0.667. The van der Waals surface area contributed by atoms with Gasteiger partial charge in [-0.1, -0.05) is 12.8 Å². The van der Waals surface area contributed by atoms with Gasteiger partial charge >= 0.3 is 0 Å². The van der Waals surface area contributed by atoms with Crippen LogP contribution in [-0.2, 0) is 0 Å². The van der Waals surface area contributed by atoms with Gasteiger partial charge in [-0.25, -0.2) is 4.98 Å². The maximum absolute atomic E-state index is 13.0. The van der Waals surface area contributed by atoms with Crippen molar-refractivity contribution in [2.75, 3.05) is 44.2 Å². The Morgan fingerprint density at radius 3 is 2.18 bits per heavy atom. The second-order valence-corrected chi connectivity index (χ2v) is 7.37. The third kappa shape index (κ3) is 4.03. The van der Waals surface area contributed by atoms with E-state index < -0.39 is 0 Å². The quantitative estimate of drug-likeness (QED) is 0.816. The van der Waals surface area contributed by atoms with Crippen molar-refractivity contribution in [2.45, 2.75) is 25.7 Å². The highest BCUT2D eigenvalue weighted by atomic mass is 16.3. The summed E-state index contributed by atoms with van der Waals surface area (Å²) in [7, 11) is 0. The molecule has 2 amide bonds. The molecule has 0 unspecified atom stereocenters. The molecule has 2 aromatic rings. The van der Waals surface area contributed by atoms with E-state index >= 15 is 0 Å². The zero-order valence-electron chi connectivity index (χ0n) is 16.0. The smallest absolute Gasteiger partial charge is 0.289 e. The van der Waals surface area contributed by atoms with Crippen LogP contribution in [0.2, 0.25) is 0 Å². The van der Waals surface area contributed by atoms with Crippen molar-refractivity contribution >= 4 is 17.6 Å². The van der Waals surface area contributed by atoms with Gasteiger partial charge in [0.2, 0.25) is 0 Å². The third-order valence-electron chi connectivity index (χ3n) is 5.51. The number of anilines is 1. The van der Waals surface area contributed by atoms with Gasteiger partial charge in [-0.2, -0.15) is 0 Å². The fourth-order valence-electron chi connectivity index (χ4n) is 3.88. The van der Waals surface area contributed by atoms with Gasteiger partial charge in [0, 0.05) is 51.0 Å². The van der Waals surface area contributed by atoms with Crippen molar-refractivity contribution in [3.8, 4) is 0 Å². The van der Waals surface area contributed by atoms with Gasteiger partial charge in [-0.3, -0.25) is 9.59 Å². The zero-order valence-corrected chi connectivity index (χ0v) is 16.0. The monoisotopic (exact) mass is 382 g/mol. The molecule has 0 atom stereocenters. The van der Waals surface area contributed by atoms with Crippen LogP contribution in [-0.4, -0.2) is 65.9 Å². The fraction of sp³-hybridized carbons (Fsp3) is 0.476. The van der Waals surface area contributed by atoms with E-state index in [2.05, 4.69) is 9.88 Å². The first kappa shape index (κ1) is 18.5. The SMILES string of the molecule is O=C(c1ccnc(N2CCCCCC2)c1)N1CCN(C(=O)c2ccco2)CC1. The summed E-state index contributed by atoms with van der Waals surface area (Å²) in [6.45, 7) is 4.06. The summed E-state index contributed by atoms with van der Waals surface area (Å²) < 4.78 is 5.19. The van der Waals surface area contributed by atoms with E-state index in [0.717, 1.165) is 18.9 Å². The number of rotatable bonds is 3. The van der Waals surface area contributed by atoms with Gasteiger partial charge in [0.25, 0.3) is 11.8 Å². The highest BCUT2D eigenvalue weighted by Crippen LogP contribution is 2.19. The van der Waals surface area contributed by atoms with E-state index in [9.17, 15) is 9.59 Å². The summed E-state index contributed by atoms with van der Waals surface area (Å²) in [5, 5.41) is 0. The molecule has 7 nitrogen and oxygen atoms in total. The number of hydrogen-bond donors (Lipinski definition) is 0. The highest BCUT2D eigenvalue weighted by molar-refractivity contribution is 5.95. The lowest BCUT2D eigenvalue weighted by atomic mass is 10.2. The third-order valence-corrected chi connectivity index (χ3v) is 5.51. The fourth-order valence-corrected chi connectivity index (χ4v) is 3.88. The predicted molar refractivity (Wildman–Crippen MR) is 105 cm³/mol. The van der Waals surface area contributed by atoms with Crippen LogP contribution < -0.4 is 4.90 Å². The largest absolute Gasteiger partial charge is 0.459 e. The lowest BCUT2D eigenvalue weighted by Gasteiger charge is -2.34. The lowest BCUT2D eigenvalue weighted by molar-refractivity contribution is 0.0518. The van der Waals surface area contributed by atoms with Crippen molar-refractivity contribution in [2.24, 2.45) is 0 Å². The van der Waals surface area contributed by atoms with Crippen molar-refractivity contribution in [3.05, 3.63) is 48.0 Å². The topological polar surface area (TPSA) is 69.9 Å². The molecule has 0 radical (unpaired) electrons. The van der Waals surface area contributed by atoms with Gasteiger partial charge in [-0.15, -0.1) is 0 Å². The molecule has 4 heterocycles. The molecule has 2 aliphatic heterocycles. The maximum atomic E-state index is 13.0. The van der Waals surface area contributed by atoms with Gasteiger partial charge < -0.3 is 19.1 Å². The van der Waals surface area contributed by atoms with Crippen molar-refractivity contribution in [1.29, 1.82) is 0 Å². The van der Waals surface area contributed by atoms with Gasteiger partial charge in [-0.05, 0) is 37.1 Å². The second kappa shape index (κ2) is 8.46. The van der Waals surface area contributed by atoms with Crippen LogP contribution in [0.25, 0.3) is 0 Å². The molecule has 2 aromatic heterocycles. The standard InChI is InChI=1S/C21H26N4O3/c26-20(17-7-8-22-19(16-17)23-9-3-1-2-4-10-23)24-11-13-25(14-12-24)21(27)18-6-5-15-28-18/h5-8,15-16H,1-4,9-14H2. The van der Waals surface area contributed by atoms with E-state index in [1.165, 1.54) is 31.9 Å². The Morgan fingerprint density at radius 2 is 1.54 bits per heavy atom. The molecular weight excluding hydrogens is 356 g/mol. The number of aromatic nitrogens is 1. The molecule has 7 heteroatoms. The van der Waals surface area contributed by atoms with Crippen LogP contribution in [0, 0.1) is 0 Å². The molecule has 0 aromatic carbocycles. The summed E-state index contributed by atoms with van der Waals surface area (Å²) in [4.78, 5) is 35.7. The Hall–Kier alpha value is -2.83. The number of piperazine rings is 1. The molecule has 0 bridgehead atoms. The number of furan rings is 1. The Bertz CT molecular complexity index is 805. The predicted octanol–water partition coefficient (Wildman–Crippen LogP) is 2.65. The average molecular weight is 382 g/mol. The Balaban J connectivity index is 1.38. The molecule has 2 fully saturated rings. The average Bonchev–Trinajstić information content (AvgIpc) is 3.15. The minimum Gasteiger partial charge on any atom is -0.459 e. The summed E-state index contributed by atoms with van der Waals surface area (Å²) >= 11 is 0. The Kier molecular flexibility index (Phi) is 5.60. The van der Waals surface area contributed by atoms with Crippen molar-refractivity contribution < 1.29 is 14.0 Å². The minimum atomic E-state index is -0.121. The molecule has 0 spiro atoms. The molecule has 4 rings (SSSR count). The maximum Gasteiger partial charge on any atom is 0.289 e. The van der Waals surface area contributed by atoms with E-state index in [1.54, 1.807) is 29.3 Å². The van der Waals surface area contributed by atoms with Gasteiger partial charge in [0.1, 0.15) is 5.82 Å². The van der Waals surface area contributed by atoms with Gasteiger partial charge in [0.15, 0.2) is 5.76 Å². The van der Waals surface area contributed by atoms with E-state index in [-0.39, 0.29) is 11.8 Å². The van der Waals surface area contributed by atoms with E-state index in [4.69, 9.17) is 4.42 Å². The van der Waals surface area contributed by atoms with Crippen molar-refractivity contribution in [1.82, 2.24) is 14.8 Å². The summed E-state index contributed by atoms with van der Waals surface area (Å²) in [6.07, 6.45) is 8.09. The van der Waals surface area contributed by atoms with Crippen LogP contribution in [0.15, 0.2) is 41.1 Å². The number of carbonyl (C=O) groups excluding carboxylic acids is 2. The van der Waals surface area contributed by atoms with E-state index in [0.29, 0.717) is 37.5 Å². The Morgan fingerprint density at radius 1 is 0.857 bits per heavy atom. The Labute approximate surface area is 164 Å². The summed E-state index contributed by atoms with van der Waals surface area (Å²) in [5.74, 6) is 1.11. The zero-order chi connectivity index (χ0) is 19.3. The van der Waals surface area contributed by atoms with Crippen LogP contribution in [0.3, 0.4) is 0 Å². The summed E-state index contributed by atoms with van der Waals surface area (Å²) in [6, 6.07) is 7.07. The molecule has 0 aliphatic carbocycles. The molecule has 2 saturated heterocycles. The lowest BCUT2D eigenvalue weighted by Crippen LogP contribution is -2.50. The molecule has 0 saturated carbocycles. The number of hydrogen-bond acceptors (Lipinski definition) is 5. The number of pyridine rings is 1. The van der Waals surface area contributed by atoms with Crippen molar-refractivity contribution in [3.63, 3.8) is 0 Å². The first-order valence-corrected chi connectivity index (χ1v) is 10.1.